The fraction of sp³-hybridized carbons (Fsp3) is 0.286. The van der Waals surface area contributed by atoms with Crippen molar-refractivity contribution in [1.29, 1.82) is 0 Å². The molecule has 0 spiro atoms. The highest BCUT2D eigenvalue weighted by atomic mass is 32.2. The van der Waals surface area contributed by atoms with Crippen molar-refractivity contribution in [3.8, 4) is 22.4 Å². The third-order valence-electron chi connectivity index (χ3n) is 6.69. The molecule has 1 aliphatic heterocycles. The highest BCUT2D eigenvalue weighted by Gasteiger charge is 2.26. The number of sulfone groups is 1. The van der Waals surface area contributed by atoms with Gasteiger partial charge in [-0.15, -0.1) is 0 Å². The molecule has 10 heteroatoms. The van der Waals surface area contributed by atoms with Crippen LogP contribution >= 0.6 is 0 Å². The first kappa shape index (κ1) is 26.1. The number of benzene rings is 2. The van der Waals surface area contributed by atoms with E-state index in [4.69, 9.17) is 9.84 Å². The Hall–Kier alpha value is -3.50. The van der Waals surface area contributed by atoms with Gasteiger partial charge >= 0.3 is 0 Å². The number of rotatable bonds is 7. The average Bonchev–Trinajstić information content (AvgIpc) is 3.37. The second-order valence-electron chi connectivity index (χ2n) is 9.22. The summed E-state index contributed by atoms with van der Waals surface area (Å²) in [5.41, 5.74) is 2.67. The lowest BCUT2D eigenvalue weighted by molar-refractivity contribution is 0.0663. The Morgan fingerprint density at radius 2 is 1.82 bits per heavy atom. The number of aryl methyl sites for hydroxylation is 1. The molecular weight excluding hydrogens is 515 g/mol. The third kappa shape index (κ3) is 5.23. The van der Waals surface area contributed by atoms with E-state index in [1.807, 2.05) is 29.9 Å². The first-order valence-electron chi connectivity index (χ1n) is 12.3. The molecule has 2 aromatic carbocycles. The molecule has 0 bridgehead atoms. The molecule has 0 atom stereocenters. The number of hydrogen-bond donors (Lipinski definition) is 0. The molecule has 1 fully saturated rings. The first-order chi connectivity index (χ1) is 18.3. The molecule has 4 aromatic rings. The van der Waals surface area contributed by atoms with Gasteiger partial charge in [0.1, 0.15) is 28.0 Å². The Kier molecular flexibility index (Phi) is 7.36. The third-order valence-corrected chi connectivity index (χ3v) is 8.37. The minimum Gasteiger partial charge on any atom is -0.381 e. The van der Waals surface area contributed by atoms with Crippen molar-refractivity contribution in [2.45, 2.75) is 42.9 Å². The van der Waals surface area contributed by atoms with E-state index in [2.05, 4.69) is 4.98 Å². The Morgan fingerprint density at radius 3 is 2.58 bits per heavy atom. The Balaban J connectivity index is 1.60. The average molecular weight is 542 g/mol. The lowest BCUT2D eigenvalue weighted by atomic mass is 10.00. The van der Waals surface area contributed by atoms with E-state index in [1.165, 1.54) is 18.2 Å². The van der Waals surface area contributed by atoms with Crippen LogP contribution in [0.3, 0.4) is 0 Å². The Labute approximate surface area is 219 Å². The topological polar surface area (TPSA) is 74.1 Å². The van der Waals surface area contributed by atoms with Gasteiger partial charge < -0.3 is 4.74 Å². The van der Waals surface area contributed by atoms with Gasteiger partial charge in [-0.1, -0.05) is 19.1 Å². The molecule has 38 heavy (non-hydrogen) atoms. The van der Waals surface area contributed by atoms with E-state index in [-0.39, 0.29) is 17.2 Å². The van der Waals surface area contributed by atoms with Crippen LogP contribution in [0.25, 0.3) is 22.4 Å². The lowest BCUT2D eigenvalue weighted by Crippen LogP contribution is -2.19. The highest BCUT2D eigenvalue weighted by Crippen LogP contribution is 2.36. The number of hydrogen-bond acceptors (Lipinski definition) is 5. The van der Waals surface area contributed by atoms with Crippen LogP contribution in [0.2, 0.25) is 0 Å². The van der Waals surface area contributed by atoms with Crippen molar-refractivity contribution in [2.24, 2.45) is 0 Å². The summed E-state index contributed by atoms with van der Waals surface area (Å²) in [7, 11) is -4.37. The minimum absolute atomic E-state index is 0.0753. The van der Waals surface area contributed by atoms with E-state index in [0.29, 0.717) is 30.5 Å². The second kappa shape index (κ2) is 10.7. The zero-order valence-electron chi connectivity index (χ0n) is 20.7. The molecule has 0 amide bonds. The van der Waals surface area contributed by atoms with Crippen molar-refractivity contribution < 1.29 is 26.3 Å². The van der Waals surface area contributed by atoms with Gasteiger partial charge in [-0.2, -0.15) is 5.10 Å². The predicted molar refractivity (Wildman–Crippen MR) is 137 cm³/mol. The van der Waals surface area contributed by atoms with E-state index in [1.54, 1.807) is 6.20 Å². The number of pyridine rings is 1. The van der Waals surface area contributed by atoms with Gasteiger partial charge in [-0.25, -0.2) is 21.6 Å². The van der Waals surface area contributed by atoms with E-state index < -0.39 is 37.9 Å². The molecule has 198 valence electrons. The molecule has 3 heterocycles. The van der Waals surface area contributed by atoms with Crippen LogP contribution in [0.5, 0.6) is 0 Å². The fourth-order valence-electron chi connectivity index (χ4n) is 4.65. The van der Waals surface area contributed by atoms with Crippen LogP contribution in [0, 0.1) is 17.5 Å². The summed E-state index contributed by atoms with van der Waals surface area (Å²) < 4.78 is 77.0. The summed E-state index contributed by atoms with van der Waals surface area (Å²) in [6.45, 7) is 3.19. The van der Waals surface area contributed by atoms with E-state index in [9.17, 15) is 17.2 Å². The van der Waals surface area contributed by atoms with Crippen LogP contribution in [-0.2, 0) is 26.7 Å². The molecule has 5 rings (SSSR count). The number of ether oxygens (including phenoxy) is 1. The quantitative estimate of drug-likeness (QED) is 0.291. The summed E-state index contributed by atoms with van der Waals surface area (Å²) in [6, 6.07) is 10.4. The van der Waals surface area contributed by atoms with E-state index >= 15 is 4.39 Å². The molecule has 0 aliphatic carbocycles. The minimum atomic E-state index is -4.37. The maximum Gasteiger partial charge on any atom is 0.185 e. The molecule has 0 N–H and O–H groups in total. The van der Waals surface area contributed by atoms with Gasteiger partial charge in [0, 0.05) is 48.0 Å². The van der Waals surface area contributed by atoms with Gasteiger partial charge in [-0.3, -0.25) is 9.67 Å². The summed E-state index contributed by atoms with van der Waals surface area (Å²) in [6.07, 6.45) is 5.81. The monoisotopic (exact) mass is 541 g/mol. The smallest absolute Gasteiger partial charge is 0.185 e. The number of nitrogens with zero attached hydrogens (tertiary/aromatic N) is 3. The molecule has 0 radical (unpaired) electrons. The van der Waals surface area contributed by atoms with Gasteiger partial charge in [0.25, 0.3) is 0 Å². The van der Waals surface area contributed by atoms with Crippen LogP contribution < -0.4 is 0 Å². The van der Waals surface area contributed by atoms with Crippen molar-refractivity contribution in [3.63, 3.8) is 0 Å². The highest BCUT2D eigenvalue weighted by molar-refractivity contribution is 7.90. The van der Waals surface area contributed by atoms with Crippen molar-refractivity contribution >= 4 is 9.84 Å². The van der Waals surface area contributed by atoms with Gasteiger partial charge in [0.2, 0.25) is 0 Å². The maximum absolute atomic E-state index is 16.0. The standard InChI is InChI=1S/C28H26F3N3O3S/c1-2-21-14-18(8-11-32-21)24-16-34(22-9-12-37-13-10-22)33-28(24)23-5-3-4-19(27(23)31)17-38(35,36)26-15-20(29)6-7-25(26)30/h3-8,11,14-16,22H,2,9-10,12-13,17H2,1H3. The molecule has 0 unspecified atom stereocenters. The van der Waals surface area contributed by atoms with Crippen LogP contribution in [0.4, 0.5) is 13.2 Å². The normalized spacial score (nSPS) is 14.6. The summed E-state index contributed by atoms with van der Waals surface area (Å²) in [4.78, 5) is 3.55. The van der Waals surface area contributed by atoms with Crippen molar-refractivity contribution in [1.82, 2.24) is 14.8 Å². The van der Waals surface area contributed by atoms with Crippen molar-refractivity contribution in [3.05, 3.63) is 89.6 Å². The molecule has 1 saturated heterocycles. The summed E-state index contributed by atoms with van der Waals surface area (Å²) >= 11 is 0. The largest absolute Gasteiger partial charge is 0.381 e. The fourth-order valence-corrected chi connectivity index (χ4v) is 6.09. The number of aromatic nitrogens is 3. The van der Waals surface area contributed by atoms with Gasteiger partial charge in [0.15, 0.2) is 9.84 Å². The van der Waals surface area contributed by atoms with E-state index in [0.717, 1.165) is 42.7 Å². The van der Waals surface area contributed by atoms with Gasteiger partial charge in [0.05, 0.1) is 11.8 Å². The van der Waals surface area contributed by atoms with Crippen LogP contribution in [0.15, 0.2) is 65.8 Å². The lowest BCUT2D eigenvalue weighted by Gasteiger charge is -2.22. The zero-order valence-corrected chi connectivity index (χ0v) is 21.5. The Morgan fingerprint density at radius 1 is 1.03 bits per heavy atom. The molecule has 2 aromatic heterocycles. The molecule has 6 nitrogen and oxygen atoms in total. The molecule has 1 aliphatic rings. The summed E-state index contributed by atoms with van der Waals surface area (Å²) in [5, 5.41) is 4.76. The maximum atomic E-state index is 16.0. The second-order valence-corrected chi connectivity index (χ2v) is 11.2. The number of halogens is 3. The van der Waals surface area contributed by atoms with Crippen LogP contribution in [-0.4, -0.2) is 36.4 Å². The first-order valence-corrected chi connectivity index (χ1v) is 14.0. The SMILES string of the molecule is CCc1cc(-c2cn(C3CCOCC3)nc2-c2cccc(CS(=O)(=O)c3cc(F)ccc3F)c2F)ccn1. The van der Waals surface area contributed by atoms with Crippen LogP contribution in [0.1, 0.15) is 37.1 Å². The molecule has 0 saturated carbocycles. The predicted octanol–water partition coefficient (Wildman–Crippen LogP) is 5.92. The zero-order chi connectivity index (χ0) is 26.9. The summed E-state index contributed by atoms with van der Waals surface area (Å²) in [5.74, 6) is -3.61. The van der Waals surface area contributed by atoms with Crippen molar-refractivity contribution in [2.75, 3.05) is 13.2 Å². The Bertz CT molecular complexity index is 1580. The molecular formula is C28H26F3N3O3S. The van der Waals surface area contributed by atoms with Gasteiger partial charge in [-0.05, 0) is 61.2 Å².